The summed E-state index contributed by atoms with van der Waals surface area (Å²) >= 11 is 1.15. The van der Waals surface area contributed by atoms with Crippen LogP contribution in [0.25, 0.3) is 0 Å². The molecule has 3 N–H and O–H groups in total. The van der Waals surface area contributed by atoms with Crippen LogP contribution in [0.5, 0.6) is 0 Å². The average molecular weight is 292 g/mol. The maximum absolute atomic E-state index is 13.4. The summed E-state index contributed by atoms with van der Waals surface area (Å²) in [4.78, 5) is 12.9. The van der Waals surface area contributed by atoms with Crippen molar-refractivity contribution < 1.29 is 13.6 Å². The monoisotopic (exact) mass is 292 g/mol. The van der Waals surface area contributed by atoms with E-state index in [1.54, 1.807) is 12.1 Å². The first-order valence-corrected chi connectivity index (χ1v) is 6.47. The lowest BCUT2D eigenvalue weighted by Crippen LogP contribution is -2.11. The summed E-state index contributed by atoms with van der Waals surface area (Å²) in [5, 5.41) is 2.32. The van der Waals surface area contributed by atoms with Gasteiger partial charge in [-0.1, -0.05) is 11.8 Å². The van der Waals surface area contributed by atoms with Gasteiger partial charge in [0.05, 0.1) is 22.0 Å². The molecule has 0 unspecified atom stereocenters. The molecule has 1 amide bonds. The van der Waals surface area contributed by atoms with Crippen LogP contribution in [0, 0.1) is 23.5 Å². The van der Waals surface area contributed by atoms with Gasteiger partial charge in [0.25, 0.3) is 5.91 Å². The van der Waals surface area contributed by atoms with Crippen molar-refractivity contribution >= 4 is 22.9 Å². The highest BCUT2D eigenvalue weighted by Gasteiger charge is 2.12. The van der Waals surface area contributed by atoms with Gasteiger partial charge in [-0.25, -0.2) is 8.78 Å². The highest BCUT2D eigenvalue weighted by molar-refractivity contribution is 7.14. The molecular weight excluding hydrogens is 282 g/mol. The van der Waals surface area contributed by atoms with Crippen LogP contribution in [-0.4, -0.2) is 12.5 Å². The van der Waals surface area contributed by atoms with E-state index in [0.29, 0.717) is 9.75 Å². The number of hydrogen-bond donors (Lipinski definition) is 2. The number of hydrogen-bond acceptors (Lipinski definition) is 3. The highest BCUT2D eigenvalue weighted by atomic mass is 32.1. The van der Waals surface area contributed by atoms with E-state index in [-0.39, 0.29) is 12.2 Å². The van der Waals surface area contributed by atoms with E-state index < -0.39 is 17.5 Å². The number of benzene rings is 1. The summed E-state index contributed by atoms with van der Waals surface area (Å²) in [7, 11) is 0. The van der Waals surface area contributed by atoms with Gasteiger partial charge in [-0.15, -0.1) is 11.3 Å². The Morgan fingerprint density at radius 1 is 1.30 bits per heavy atom. The third-order valence-electron chi connectivity index (χ3n) is 2.32. The predicted molar refractivity (Wildman–Crippen MR) is 74.6 cm³/mol. The fourth-order valence-corrected chi connectivity index (χ4v) is 2.22. The number of anilines is 1. The van der Waals surface area contributed by atoms with Gasteiger partial charge in [0.15, 0.2) is 0 Å². The number of nitrogens with two attached hydrogens (primary N) is 1. The molecule has 0 radical (unpaired) electrons. The van der Waals surface area contributed by atoms with Crippen LogP contribution >= 0.6 is 11.3 Å². The molecule has 2 aromatic rings. The fraction of sp³-hybridized carbons (Fsp3) is 0.0714. The van der Waals surface area contributed by atoms with Crippen molar-refractivity contribution in [2.45, 2.75) is 0 Å². The normalized spacial score (nSPS) is 9.75. The smallest absolute Gasteiger partial charge is 0.265 e. The minimum absolute atomic E-state index is 0.196. The van der Waals surface area contributed by atoms with Crippen molar-refractivity contribution in [3.8, 4) is 11.8 Å². The van der Waals surface area contributed by atoms with Crippen LogP contribution in [0.15, 0.2) is 30.3 Å². The number of thiophene rings is 1. The van der Waals surface area contributed by atoms with E-state index in [9.17, 15) is 13.6 Å². The zero-order valence-electron chi connectivity index (χ0n) is 10.2. The van der Waals surface area contributed by atoms with Gasteiger partial charge in [-0.05, 0) is 24.3 Å². The first-order chi connectivity index (χ1) is 9.60. The third kappa shape index (κ3) is 3.41. The third-order valence-corrected chi connectivity index (χ3v) is 3.32. The Morgan fingerprint density at radius 3 is 2.85 bits per heavy atom. The Bertz CT molecular complexity index is 701. The van der Waals surface area contributed by atoms with Crippen molar-refractivity contribution in [1.29, 1.82) is 0 Å². The summed E-state index contributed by atoms with van der Waals surface area (Å²) in [5.41, 5.74) is 5.05. The zero-order chi connectivity index (χ0) is 14.5. The molecule has 1 heterocycles. The Balaban J connectivity index is 2.15. The zero-order valence-corrected chi connectivity index (χ0v) is 11.1. The maximum atomic E-state index is 13.4. The van der Waals surface area contributed by atoms with Crippen LogP contribution in [-0.2, 0) is 0 Å². The van der Waals surface area contributed by atoms with Crippen molar-refractivity contribution in [3.05, 3.63) is 51.7 Å². The quantitative estimate of drug-likeness (QED) is 0.836. The van der Waals surface area contributed by atoms with Crippen molar-refractivity contribution in [2.75, 3.05) is 11.9 Å². The number of nitrogens with one attached hydrogen (secondary N) is 1. The Kier molecular flexibility index (Phi) is 4.45. The summed E-state index contributed by atoms with van der Waals surface area (Å²) in [6.45, 7) is 0.230. The molecule has 0 atom stereocenters. The number of halogens is 2. The number of carbonyl (C=O) groups excluding carboxylic acids is 1. The highest BCUT2D eigenvalue weighted by Crippen LogP contribution is 2.20. The van der Waals surface area contributed by atoms with Crippen LogP contribution in [0.1, 0.15) is 14.5 Å². The van der Waals surface area contributed by atoms with E-state index >= 15 is 0 Å². The molecule has 0 aliphatic carbocycles. The first kappa shape index (κ1) is 14.2. The molecule has 0 bridgehead atoms. The SMILES string of the molecule is NCC#Cc1ccc(C(=O)Nc2cc(F)ccc2F)s1. The molecule has 0 fully saturated rings. The molecule has 20 heavy (non-hydrogen) atoms. The average Bonchev–Trinajstić information content (AvgIpc) is 2.89. The van der Waals surface area contributed by atoms with Gasteiger partial charge >= 0.3 is 0 Å². The molecule has 0 saturated heterocycles. The number of amides is 1. The van der Waals surface area contributed by atoms with Gasteiger partial charge in [-0.3, -0.25) is 4.79 Å². The predicted octanol–water partition coefficient (Wildman–Crippen LogP) is 2.59. The minimum Gasteiger partial charge on any atom is -0.320 e. The van der Waals surface area contributed by atoms with E-state index in [2.05, 4.69) is 17.2 Å². The largest absolute Gasteiger partial charge is 0.320 e. The van der Waals surface area contributed by atoms with E-state index in [0.717, 1.165) is 29.5 Å². The summed E-state index contributed by atoms with van der Waals surface area (Å²) in [5.74, 6) is 3.63. The second-order valence-electron chi connectivity index (χ2n) is 3.75. The maximum Gasteiger partial charge on any atom is 0.265 e. The van der Waals surface area contributed by atoms with Gasteiger partial charge < -0.3 is 11.1 Å². The number of carbonyl (C=O) groups is 1. The van der Waals surface area contributed by atoms with Crippen LogP contribution in [0.2, 0.25) is 0 Å². The molecule has 2 rings (SSSR count). The second kappa shape index (κ2) is 6.28. The van der Waals surface area contributed by atoms with Gasteiger partial charge in [0, 0.05) is 6.07 Å². The molecule has 1 aromatic heterocycles. The van der Waals surface area contributed by atoms with E-state index in [1.165, 1.54) is 0 Å². The van der Waals surface area contributed by atoms with Crippen molar-refractivity contribution in [2.24, 2.45) is 5.73 Å². The summed E-state index contributed by atoms with van der Waals surface area (Å²) in [6.07, 6.45) is 0. The van der Waals surface area contributed by atoms with Crippen molar-refractivity contribution in [3.63, 3.8) is 0 Å². The molecule has 3 nitrogen and oxygen atoms in total. The molecule has 6 heteroatoms. The lowest BCUT2D eigenvalue weighted by Gasteiger charge is -2.04. The van der Waals surface area contributed by atoms with Crippen LogP contribution < -0.4 is 11.1 Å². The Hall–Kier alpha value is -2.23. The Labute approximate surface area is 118 Å². The lowest BCUT2D eigenvalue weighted by atomic mass is 10.3. The molecule has 102 valence electrons. The lowest BCUT2D eigenvalue weighted by molar-refractivity contribution is 0.103. The van der Waals surface area contributed by atoms with Gasteiger partial charge in [0.2, 0.25) is 0 Å². The minimum atomic E-state index is -0.695. The van der Waals surface area contributed by atoms with E-state index in [1.807, 2.05) is 0 Å². The van der Waals surface area contributed by atoms with Gasteiger partial charge in [-0.2, -0.15) is 0 Å². The molecule has 1 aromatic carbocycles. The van der Waals surface area contributed by atoms with E-state index in [4.69, 9.17) is 5.73 Å². The molecule has 0 aliphatic rings. The first-order valence-electron chi connectivity index (χ1n) is 5.65. The van der Waals surface area contributed by atoms with Gasteiger partial charge in [0.1, 0.15) is 11.6 Å². The molecular formula is C14H10F2N2OS. The van der Waals surface area contributed by atoms with Crippen LogP contribution in [0.3, 0.4) is 0 Å². The Morgan fingerprint density at radius 2 is 2.10 bits per heavy atom. The second-order valence-corrected chi connectivity index (χ2v) is 4.83. The topological polar surface area (TPSA) is 55.1 Å². The fourth-order valence-electron chi connectivity index (χ4n) is 1.44. The van der Waals surface area contributed by atoms with Crippen molar-refractivity contribution in [1.82, 2.24) is 0 Å². The standard InChI is InChI=1S/C14H10F2N2OS/c15-9-3-5-11(16)12(8-9)18-14(19)13-6-4-10(20-13)2-1-7-17/h3-6,8H,7,17H2,(H,18,19). The molecule has 0 saturated carbocycles. The molecule has 0 spiro atoms. The molecule has 0 aliphatic heterocycles. The summed E-state index contributed by atoms with van der Waals surface area (Å²) < 4.78 is 26.4. The summed E-state index contributed by atoms with van der Waals surface area (Å²) in [6, 6.07) is 6.10. The number of rotatable bonds is 2. The van der Waals surface area contributed by atoms with Crippen LogP contribution in [0.4, 0.5) is 14.5 Å².